The molecule has 0 radical (unpaired) electrons. The molecule has 0 bridgehead atoms. The van der Waals surface area contributed by atoms with Gasteiger partial charge in [-0.05, 0) is 274 Å². The molecule has 3 aromatic heterocycles. The van der Waals surface area contributed by atoms with Gasteiger partial charge in [-0.2, -0.15) is 0 Å². The Morgan fingerprint density at radius 3 is 1.01 bits per heavy atom. The number of thiophene rings is 1. The van der Waals surface area contributed by atoms with Gasteiger partial charge in [0, 0.05) is 68.7 Å². The lowest BCUT2D eigenvalue weighted by atomic mass is 9.82. The Morgan fingerprint density at radius 1 is 0.367 bits per heavy atom. The fourth-order valence-corrected chi connectivity index (χ4v) is 15.4. The monoisotopic (exact) mass is 1950 g/mol. The molecule has 7 fully saturated rings. The summed E-state index contributed by atoms with van der Waals surface area (Å²) in [6.07, 6.45) is 36.5. The van der Waals surface area contributed by atoms with Crippen molar-refractivity contribution in [2.75, 3.05) is 19.8 Å². The van der Waals surface area contributed by atoms with Crippen molar-refractivity contribution in [2.24, 2.45) is 124 Å². The van der Waals surface area contributed by atoms with Gasteiger partial charge in [-0.3, -0.25) is 19.6 Å². The highest BCUT2D eigenvalue weighted by molar-refractivity contribution is 7.10. The fraction of sp³-hybridized carbons (Fsp3) is 0.738. The number of rotatable bonds is 19. The van der Waals surface area contributed by atoms with Gasteiger partial charge in [0.25, 0.3) is 0 Å². The molecule has 4 unspecified atom stereocenters. The first-order chi connectivity index (χ1) is 65.1. The maximum Gasteiger partial charge on any atom is 0.306 e. The van der Waals surface area contributed by atoms with Crippen LogP contribution < -0.4 is 0 Å². The second kappa shape index (κ2) is 84.7. The molecule has 6 heterocycles. The van der Waals surface area contributed by atoms with E-state index in [0.717, 1.165) is 146 Å². The Hall–Kier alpha value is -5.48. The number of carbonyl (C=O) groups is 2. The Kier molecular flexibility index (Phi) is 85.2. The van der Waals surface area contributed by atoms with E-state index in [1.54, 1.807) is 18.3 Å². The van der Waals surface area contributed by atoms with Crippen LogP contribution in [-0.2, 0) is 30.2 Å². The topological polar surface area (TPSA) is 108 Å². The summed E-state index contributed by atoms with van der Waals surface area (Å²) in [5.74, 6) is 21.0. The number of ketones is 1. The zero-order valence-corrected chi connectivity index (χ0v) is 100. The molecule has 4 aliphatic carbocycles. The first kappa shape index (κ1) is 140. The van der Waals surface area contributed by atoms with E-state index >= 15 is 0 Å². The number of cyclic esters (lactones) is 1. The summed E-state index contributed by atoms with van der Waals surface area (Å²) in [4.78, 5) is 30.7. The molecule has 139 heavy (non-hydrogen) atoms. The minimum atomic E-state index is -0.0336. The van der Waals surface area contributed by atoms with E-state index in [-0.39, 0.29) is 12.1 Å². The van der Waals surface area contributed by atoms with Crippen LogP contribution in [0.25, 0.3) is 0 Å². The van der Waals surface area contributed by atoms with Crippen LogP contribution in [0.2, 0.25) is 0 Å². The molecule has 3 aromatic carbocycles. The lowest BCUT2D eigenvalue weighted by molar-refractivity contribution is -0.142. The number of aromatic hydroxyl groups is 1. The van der Waals surface area contributed by atoms with Gasteiger partial charge in [0.2, 0.25) is 0 Å². The number of hydrogen-bond donors (Lipinski definition) is 1. The number of nitrogens with zero attached hydrogens (tertiary/aromatic N) is 2. The summed E-state index contributed by atoms with van der Waals surface area (Å²) in [7, 11) is 0. The van der Waals surface area contributed by atoms with Crippen molar-refractivity contribution in [3.8, 4) is 5.75 Å². The molecule has 6 aromatic rings. The van der Waals surface area contributed by atoms with Crippen LogP contribution in [0.1, 0.15) is 495 Å². The highest BCUT2D eigenvalue weighted by Gasteiger charge is 2.27. The van der Waals surface area contributed by atoms with Crippen LogP contribution >= 0.6 is 11.3 Å². The van der Waals surface area contributed by atoms with E-state index in [1.807, 2.05) is 66.3 Å². The van der Waals surface area contributed by atoms with Gasteiger partial charge < -0.3 is 19.3 Å². The first-order valence-electron chi connectivity index (χ1n) is 56.7. The summed E-state index contributed by atoms with van der Waals surface area (Å²) < 4.78 is 15.6. The smallest absolute Gasteiger partial charge is 0.306 e. The maximum absolute atomic E-state index is 10.8. The van der Waals surface area contributed by atoms with E-state index in [0.29, 0.717) is 76.8 Å². The molecule has 9 heteroatoms. The second-order valence-corrected chi connectivity index (χ2v) is 49.0. The van der Waals surface area contributed by atoms with Gasteiger partial charge >= 0.3 is 5.97 Å². The lowest BCUT2D eigenvalue weighted by Crippen LogP contribution is -2.13. The largest absolute Gasteiger partial charge is 0.508 e. The van der Waals surface area contributed by atoms with Crippen molar-refractivity contribution in [1.82, 2.24) is 9.97 Å². The molecular formula is C130H232N2O6S. The molecule has 1 N–H and O–H groups in total. The van der Waals surface area contributed by atoms with Crippen molar-refractivity contribution < 1.29 is 28.9 Å². The van der Waals surface area contributed by atoms with Crippen LogP contribution in [0.3, 0.4) is 0 Å². The van der Waals surface area contributed by atoms with Crippen molar-refractivity contribution in [1.29, 1.82) is 0 Å². The fourth-order valence-electron chi connectivity index (χ4n) is 14.6. The van der Waals surface area contributed by atoms with E-state index in [2.05, 4.69) is 386 Å². The van der Waals surface area contributed by atoms with Crippen LogP contribution in [0.15, 0.2) is 151 Å². The zero-order chi connectivity index (χ0) is 107. The third-order valence-electron chi connectivity index (χ3n) is 29.0. The normalized spacial score (nSPS) is 17.4. The van der Waals surface area contributed by atoms with E-state index in [9.17, 15) is 9.59 Å². The number of phenols is 1. The molecule has 3 aliphatic heterocycles. The predicted molar refractivity (Wildman–Crippen MR) is 620 cm³/mol. The summed E-state index contributed by atoms with van der Waals surface area (Å²) in [6, 6.07) is 40.9. The Balaban J connectivity index is -0.000000698. The molecule has 3 saturated heterocycles. The number of esters is 1. The Morgan fingerprint density at radius 2 is 0.784 bits per heavy atom. The van der Waals surface area contributed by atoms with Gasteiger partial charge in [0.05, 0.1) is 6.10 Å². The van der Waals surface area contributed by atoms with Crippen LogP contribution in [0.4, 0.5) is 0 Å². The van der Waals surface area contributed by atoms with Crippen molar-refractivity contribution >= 4 is 23.1 Å². The SMILES string of the molecule is CC(C)C(C)(C)C.CC(C)C(C)C.CC(C)C1CC1.CC(C)C1CCC(=O)C1.CC(C)C1CCC(=O)O1.CC(C)C1CCCC1.CC(C)C1CCCCC1.CC(C)C1CCCO1.CC(C)C1CCOC1.CC(C)Cc1ccccc1.CC(C)c1ccc(O)cc1.CC(C)c1ccccc1.CC(C)c1cccnc1.CC(C)c1cccs1.CC(C)c1ccncc1.CC[C@@H](C)C(C)C.CC[C@H](C)C(C)C. The number of ether oxygens (including phenoxy) is 3. The number of hydrogen-bond acceptors (Lipinski definition) is 9. The molecule has 0 spiro atoms. The Labute approximate surface area is 870 Å². The molecule has 13 rings (SSSR count). The highest BCUT2D eigenvalue weighted by Crippen LogP contribution is 2.36. The number of phenolic OH excluding ortho intramolecular Hbond substituents is 1. The highest BCUT2D eigenvalue weighted by atomic mass is 32.1. The average Bonchev–Trinajstić information content (AvgIpc) is 1.82. The molecule has 0 amide bonds. The molecule has 6 atom stereocenters. The molecule has 7 aliphatic rings. The number of aromatic nitrogens is 2. The van der Waals surface area contributed by atoms with Crippen LogP contribution in [-0.4, -0.2) is 58.9 Å². The zero-order valence-electron chi connectivity index (χ0n) is 99.5. The molecule has 8 nitrogen and oxygen atoms in total. The molecular weight excluding hydrogens is 1720 g/mol. The summed E-state index contributed by atoms with van der Waals surface area (Å²) >= 11 is 1.83. The van der Waals surface area contributed by atoms with Gasteiger partial charge in [-0.15, -0.1) is 11.3 Å². The maximum atomic E-state index is 10.8. The van der Waals surface area contributed by atoms with Crippen LogP contribution in [0.5, 0.6) is 5.75 Å². The van der Waals surface area contributed by atoms with Crippen molar-refractivity contribution in [2.45, 2.75) is 481 Å². The Bertz CT molecular complexity index is 3390. The van der Waals surface area contributed by atoms with E-state index in [1.165, 1.54) is 142 Å². The van der Waals surface area contributed by atoms with Gasteiger partial charge in [-0.1, -0.05) is 453 Å². The van der Waals surface area contributed by atoms with Crippen molar-refractivity contribution in [3.05, 3.63) is 184 Å². The van der Waals surface area contributed by atoms with Gasteiger partial charge in [0.1, 0.15) is 17.6 Å². The summed E-state index contributed by atoms with van der Waals surface area (Å²) in [5.41, 5.74) is 7.27. The standard InChI is InChI=1S/C10H14.C9H12O.C9H18.C9H12.2C8H11N.C8H14O.C8H16.C7H12O2.2C7H14O.C7H10S.3C7H16.C6H12.C6H14/c1-9(2)8-10-6-4-3-5-7-10;1-7(2)8-3-5-9(10)6-4-8;2*1-8(2)9-6-4-3-5-7-9;1-7(2)8-3-5-9-6-4-8;1-7(2)8-4-3-5-9-6-8;1-6(2)7-3-4-8(9)5-7;1-7(2)8-5-3-4-6-8;1-5(2)6-3-4-7(8)9-6;1-6(2)7-3-4-8-5-7;2*1-6(2)7-4-3-5-8-7;1-6(2)7(3,4)5;2*1-5-7(4)6(2)3;1-5(2)6-3-4-6;1-5(2)6(3)4/h3-7,9H,8H2,1-2H3;3-7,10H,1-2H3;8-9H,3-7H2,1-2H3;3-8H,1-2H3;2*3-7H,1-2H3;6-7H,3-5H2,1-2H3;7-8H,3-6H2,1-2H3;5-6H,3-4H2,1-2H3;2*6-7H,3-5H2,1-2H3;3-6H,1-2H3;6H,1-5H3;2*6-7H,5H2,1-4H3;5-6H,3-4H2,1-2H3;5-6H,1-4H3/t;;;;;;;;;;;;;2*7-;;/m.............10../s1. The summed E-state index contributed by atoms with van der Waals surface area (Å²) in [6.45, 7) is 99.2. The summed E-state index contributed by atoms with van der Waals surface area (Å²) in [5, 5.41) is 11.1. The number of benzene rings is 3. The third-order valence-corrected chi connectivity index (χ3v) is 30.2. The second-order valence-electron chi connectivity index (χ2n) is 48.0. The van der Waals surface area contributed by atoms with Gasteiger partial charge in [-0.25, -0.2) is 0 Å². The third kappa shape index (κ3) is 80.4. The first-order valence-corrected chi connectivity index (χ1v) is 57.6. The van der Waals surface area contributed by atoms with Crippen LogP contribution in [0, 0.1) is 124 Å². The van der Waals surface area contributed by atoms with Gasteiger partial charge in [0.15, 0.2) is 0 Å². The quantitative estimate of drug-likeness (QED) is 0.0799. The molecule has 4 saturated carbocycles. The van der Waals surface area contributed by atoms with Crippen molar-refractivity contribution in [3.63, 3.8) is 0 Å². The minimum absolute atomic E-state index is 0.0336. The van der Waals surface area contributed by atoms with E-state index in [4.69, 9.17) is 19.3 Å². The number of carbonyl (C=O) groups excluding carboxylic acids is 2. The lowest BCUT2D eigenvalue weighted by Gasteiger charge is -2.24. The predicted octanol–water partition coefficient (Wildman–Crippen LogP) is 40.8. The van der Waals surface area contributed by atoms with E-state index < -0.39 is 0 Å². The molecule has 804 valence electrons. The number of pyridine rings is 2. The number of Topliss-reactive ketones (excluding diaryl/α,β-unsaturated/α-hetero) is 1. The minimum Gasteiger partial charge on any atom is -0.508 e. The average molecular weight is 1950 g/mol.